The molecular weight excluding hydrogens is 218 g/mol. The van der Waals surface area contributed by atoms with Gasteiger partial charge in [-0.2, -0.15) is 0 Å². The first-order valence-electron chi connectivity index (χ1n) is 4.00. The zero-order valence-electron chi connectivity index (χ0n) is 7.20. The Bertz CT molecular complexity index is 467. The van der Waals surface area contributed by atoms with Crippen LogP contribution in [-0.2, 0) is 0 Å². The number of halogens is 1. The number of benzene rings is 1. The average molecular weight is 226 g/mol. The maximum Gasteiger partial charge on any atom is 0.126 e. The molecule has 0 saturated heterocycles. The second kappa shape index (κ2) is 3.52. The minimum Gasteiger partial charge on any atom is -0.507 e. The lowest BCUT2D eigenvalue weighted by Crippen LogP contribution is -1.84. The molecule has 0 aliphatic heterocycles. The van der Waals surface area contributed by atoms with E-state index in [2.05, 4.69) is 0 Å². The summed E-state index contributed by atoms with van der Waals surface area (Å²) in [6.07, 6.45) is 0. The summed E-state index contributed by atoms with van der Waals surface area (Å²) in [6, 6.07) is 6.83. The molecule has 2 aromatic rings. The van der Waals surface area contributed by atoms with Crippen LogP contribution < -0.4 is 5.73 Å². The van der Waals surface area contributed by atoms with E-state index in [4.69, 9.17) is 17.3 Å². The van der Waals surface area contributed by atoms with Crippen molar-refractivity contribution >= 4 is 28.6 Å². The molecule has 0 amide bonds. The Hall–Kier alpha value is -1.19. The van der Waals surface area contributed by atoms with E-state index in [0.717, 1.165) is 10.4 Å². The Morgan fingerprint density at radius 2 is 2.07 bits per heavy atom. The van der Waals surface area contributed by atoms with Crippen molar-refractivity contribution in [3.05, 3.63) is 34.7 Å². The Morgan fingerprint density at radius 3 is 2.64 bits per heavy atom. The normalized spacial score (nSPS) is 10.4. The highest BCUT2D eigenvalue weighted by Gasteiger charge is 2.09. The van der Waals surface area contributed by atoms with E-state index in [-0.39, 0.29) is 5.75 Å². The molecule has 0 atom stereocenters. The van der Waals surface area contributed by atoms with Gasteiger partial charge in [-0.05, 0) is 23.6 Å². The topological polar surface area (TPSA) is 46.2 Å². The minimum absolute atomic E-state index is 0.161. The van der Waals surface area contributed by atoms with Crippen molar-refractivity contribution in [2.24, 2.45) is 0 Å². The van der Waals surface area contributed by atoms with E-state index in [9.17, 15) is 5.11 Å². The number of anilines is 1. The van der Waals surface area contributed by atoms with Gasteiger partial charge in [0.15, 0.2) is 0 Å². The number of hydrogen-bond acceptors (Lipinski definition) is 3. The summed E-state index contributed by atoms with van der Waals surface area (Å²) < 4.78 is 0. The first-order chi connectivity index (χ1) is 6.68. The molecule has 0 radical (unpaired) electrons. The Labute approximate surface area is 90.6 Å². The highest BCUT2D eigenvalue weighted by molar-refractivity contribution is 7.14. The van der Waals surface area contributed by atoms with Gasteiger partial charge in [0.1, 0.15) is 5.75 Å². The summed E-state index contributed by atoms with van der Waals surface area (Å²) >= 11 is 7.44. The predicted molar refractivity (Wildman–Crippen MR) is 60.8 cm³/mol. The van der Waals surface area contributed by atoms with Gasteiger partial charge >= 0.3 is 0 Å². The molecule has 3 N–H and O–H groups in total. The smallest absolute Gasteiger partial charge is 0.126 e. The zero-order chi connectivity index (χ0) is 10.1. The second-order valence-electron chi connectivity index (χ2n) is 2.87. The van der Waals surface area contributed by atoms with Gasteiger partial charge in [0.2, 0.25) is 0 Å². The highest BCUT2D eigenvalue weighted by atomic mass is 35.5. The number of aromatic hydroxyl groups is 1. The van der Waals surface area contributed by atoms with Gasteiger partial charge in [-0.1, -0.05) is 11.6 Å². The number of phenolic OH excluding ortho intramolecular Hbond substituents is 1. The summed E-state index contributed by atoms with van der Waals surface area (Å²) in [5.41, 5.74) is 6.79. The molecule has 2 nitrogen and oxygen atoms in total. The van der Waals surface area contributed by atoms with Crippen LogP contribution in [0.5, 0.6) is 5.75 Å². The fourth-order valence-electron chi connectivity index (χ4n) is 1.23. The second-order valence-corrected chi connectivity index (χ2v) is 4.20. The number of hydrogen-bond donors (Lipinski definition) is 2. The van der Waals surface area contributed by atoms with Crippen LogP contribution in [0.4, 0.5) is 5.69 Å². The largest absolute Gasteiger partial charge is 0.507 e. The first-order valence-corrected chi connectivity index (χ1v) is 5.26. The van der Waals surface area contributed by atoms with Crippen molar-refractivity contribution in [2.45, 2.75) is 0 Å². The number of nitrogens with two attached hydrogens (primary N) is 1. The average Bonchev–Trinajstić information content (AvgIpc) is 2.52. The zero-order valence-corrected chi connectivity index (χ0v) is 8.77. The number of nitrogen functional groups attached to an aromatic ring is 1. The molecule has 72 valence electrons. The van der Waals surface area contributed by atoms with Gasteiger partial charge in [-0.15, -0.1) is 11.3 Å². The molecule has 0 fully saturated rings. The van der Waals surface area contributed by atoms with E-state index in [0.29, 0.717) is 10.7 Å². The Morgan fingerprint density at radius 1 is 1.29 bits per heavy atom. The van der Waals surface area contributed by atoms with Crippen molar-refractivity contribution in [1.82, 2.24) is 0 Å². The number of phenols is 1. The van der Waals surface area contributed by atoms with Gasteiger partial charge in [0.25, 0.3) is 0 Å². The Balaban J connectivity index is 2.58. The fourth-order valence-corrected chi connectivity index (χ4v) is 2.42. The number of rotatable bonds is 1. The molecule has 0 unspecified atom stereocenters. The van der Waals surface area contributed by atoms with Crippen LogP contribution >= 0.6 is 22.9 Å². The van der Waals surface area contributed by atoms with Crippen LogP contribution in [0.1, 0.15) is 0 Å². The third kappa shape index (κ3) is 1.56. The summed E-state index contributed by atoms with van der Waals surface area (Å²) in [4.78, 5) is 0.865. The maximum absolute atomic E-state index is 9.66. The van der Waals surface area contributed by atoms with Crippen molar-refractivity contribution < 1.29 is 5.11 Å². The lowest BCUT2D eigenvalue weighted by Gasteiger charge is -2.03. The fraction of sp³-hybridized carbons (Fsp3) is 0. The van der Waals surface area contributed by atoms with Crippen molar-refractivity contribution in [3.8, 4) is 16.2 Å². The van der Waals surface area contributed by atoms with Crippen LogP contribution in [0.2, 0.25) is 5.02 Å². The lowest BCUT2D eigenvalue weighted by molar-refractivity contribution is 0.478. The van der Waals surface area contributed by atoms with E-state index >= 15 is 0 Å². The van der Waals surface area contributed by atoms with Crippen LogP contribution in [0.15, 0.2) is 29.6 Å². The molecule has 1 aromatic heterocycles. The van der Waals surface area contributed by atoms with Crippen molar-refractivity contribution in [2.75, 3.05) is 5.73 Å². The van der Waals surface area contributed by atoms with E-state index in [1.807, 2.05) is 5.38 Å². The maximum atomic E-state index is 9.66. The monoisotopic (exact) mass is 225 g/mol. The molecular formula is C10H8ClNOS. The highest BCUT2D eigenvalue weighted by Crippen LogP contribution is 2.38. The quantitative estimate of drug-likeness (QED) is 0.731. The first kappa shape index (κ1) is 9.37. The standard InChI is InChI=1S/C10H8ClNOS/c11-8-3-4-14-10(8)7-2-1-6(12)5-9(7)13/h1-5,13H,12H2. The van der Waals surface area contributed by atoms with E-state index in [1.54, 1.807) is 18.2 Å². The molecule has 0 spiro atoms. The molecule has 0 aliphatic carbocycles. The SMILES string of the molecule is Nc1ccc(-c2sccc2Cl)c(O)c1. The van der Waals surface area contributed by atoms with Crippen LogP contribution in [0.3, 0.4) is 0 Å². The third-order valence-corrected chi connectivity index (χ3v) is 3.26. The van der Waals surface area contributed by atoms with Crippen molar-refractivity contribution in [1.29, 1.82) is 0 Å². The minimum atomic E-state index is 0.161. The van der Waals surface area contributed by atoms with Gasteiger partial charge in [0, 0.05) is 17.3 Å². The summed E-state index contributed by atoms with van der Waals surface area (Å²) in [5, 5.41) is 12.2. The van der Waals surface area contributed by atoms with Gasteiger partial charge < -0.3 is 10.8 Å². The summed E-state index contributed by atoms with van der Waals surface area (Å²) in [7, 11) is 0. The molecule has 14 heavy (non-hydrogen) atoms. The van der Waals surface area contributed by atoms with E-state index in [1.165, 1.54) is 17.4 Å². The predicted octanol–water partition coefficient (Wildman–Crippen LogP) is 3.36. The molecule has 4 heteroatoms. The van der Waals surface area contributed by atoms with Gasteiger partial charge in [0.05, 0.1) is 9.90 Å². The lowest BCUT2D eigenvalue weighted by atomic mass is 10.1. The summed E-state index contributed by atoms with van der Waals surface area (Å²) in [6.45, 7) is 0. The molecule has 0 bridgehead atoms. The Kier molecular flexibility index (Phi) is 2.35. The molecule has 2 rings (SSSR count). The molecule has 1 heterocycles. The van der Waals surface area contributed by atoms with Gasteiger partial charge in [-0.3, -0.25) is 0 Å². The van der Waals surface area contributed by atoms with Crippen LogP contribution in [0, 0.1) is 0 Å². The van der Waals surface area contributed by atoms with Crippen LogP contribution in [-0.4, -0.2) is 5.11 Å². The van der Waals surface area contributed by atoms with E-state index < -0.39 is 0 Å². The van der Waals surface area contributed by atoms with Gasteiger partial charge in [-0.25, -0.2) is 0 Å². The number of thiophene rings is 1. The molecule has 1 aromatic carbocycles. The van der Waals surface area contributed by atoms with Crippen LogP contribution in [0.25, 0.3) is 10.4 Å². The molecule has 0 aliphatic rings. The molecule has 0 saturated carbocycles. The van der Waals surface area contributed by atoms with Crippen molar-refractivity contribution in [3.63, 3.8) is 0 Å². The summed E-state index contributed by atoms with van der Waals surface area (Å²) in [5.74, 6) is 0.161. The third-order valence-electron chi connectivity index (χ3n) is 1.88.